The molecule has 0 N–H and O–H groups in total. The minimum atomic E-state index is -0.332. The highest BCUT2D eigenvalue weighted by Crippen LogP contribution is 2.29. The Kier molecular flexibility index (Phi) is 6.12. The second kappa shape index (κ2) is 9.51. The van der Waals surface area contributed by atoms with Crippen LogP contribution in [0.3, 0.4) is 0 Å². The lowest BCUT2D eigenvalue weighted by molar-refractivity contribution is 0.0656. The van der Waals surface area contributed by atoms with Gasteiger partial charge in [0.05, 0.1) is 19.2 Å². The summed E-state index contributed by atoms with van der Waals surface area (Å²) in [4.78, 5) is 19.3. The number of hydrogen-bond acceptors (Lipinski definition) is 6. The second-order valence-corrected chi connectivity index (χ2v) is 8.37. The van der Waals surface area contributed by atoms with E-state index < -0.39 is 0 Å². The third-order valence-corrected chi connectivity index (χ3v) is 6.00. The van der Waals surface area contributed by atoms with E-state index >= 15 is 0 Å². The fourth-order valence-electron chi connectivity index (χ4n) is 4.23. The van der Waals surface area contributed by atoms with Crippen molar-refractivity contribution in [2.24, 2.45) is 0 Å². The number of aromatic nitrogens is 2. The zero-order valence-electron chi connectivity index (χ0n) is 18.7. The van der Waals surface area contributed by atoms with Crippen molar-refractivity contribution in [2.75, 3.05) is 20.2 Å². The Morgan fingerprint density at radius 3 is 2.88 bits per heavy atom. The van der Waals surface area contributed by atoms with Crippen LogP contribution < -0.4 is 4.74 Å². The largest absolute Gasteiger partial charge is 0.497 e. The first-order chi connectivity index (χ1) is 16.6. The molecule has 3 heterocycles. The number of halogens is 1. The van der Waals surface area contributed by atoms with Crippen LogP contribution in [0.4, 0.5) is 4.39 Å². The molecule has 1 fully saturated rings. The lowest BCUT2D eigenvalue weighted by Gasteiger charge is -2.30. The summed E-state index contributed by atoms with van der Waals surface area (Å²) in [5.41, 5.74) is 2.25. The van der Waals surface area contributed by atoms with Crippen LogP contribution in [0.5, 0.6) is 5.75 Å². The number of carbonyl (C=O) groups is 1. The number of methoxy groups -OCH3 is 1. The Hall–Kier alpha value is -3.94. The third kappa shape index (κ3) is 4.71. The van der Waals surface area contributed by atoms with Crippen LogP contribution in [0.1, 0.15) is 46.5 Å². The fraction of sp³-hybridized carbons (Fsp3) is 0.269. The lowest BCUT2D eigenvalue weighted by atomic mass is 9.98. The zero-order valence-corrected chi connectivity index (χ0v) is 18.7. The summed E-state index contributed by atoms with van der Waals surface area (Å²) in [5, 5.41) is 3.98. The van der Waals surface area contributed by atoms with E-state index in [4.69, 9.17) is 13.7 Å². The van der Waals surface area contributed by atoms with Crippen LogP contribution in [0, 0.1) is 5.82 Å². The normalized spacial score (nSPS) is 15.9. The van der Waals surface area contributed by atoms with Gasteiger partial charge in [-0.25, -0.2) is 9.37 Å². The summed E-state index contributed by atoms with van der Waals surface area (Å²) >= 11 is 0. The minimum Gasteiger partial charge on any atom is -0.497 e. The van der Waals surface area contributed by atoms with E-state index in [1.807, 2.05) is 24.3 Å². The van der Waals surface area contributed by atoms with E-state index in [-0.39, 0.29) is 23.4 Å². The highest BCUT2D eigenvalue weighted by atomic mass is 19.1. The molecule has 1 aliphatic rings. The molecular formula is C26H24FN3O4. The smallest absolute Gasteiger partial charge is 0.292 e. The second-order valence-electron chi connectivity index (χ2n) is 8.37. The van der Waals surface area contributed by atoms with Crippen molar-refractivity contribution in [3.05, 3.63) is 89.6 Å². The topological polar surface area (TPSA) is 81.6 Å². The van der Waals surface area contributed by atoms with Crippen molar-refractivity contribution >= 4 is 5.91 Å². The predicted octanol–water partition coefficient (Wildman–Crippen LogP) is 5.09. The van der Waals surface area contributed by atoms with Crippen LogP contribution in [0.25, 0.3) is 11.3 Å². The van der Waals surface area contributed by atoms with Crippen molar-refractivity contribution in [2.45, 2.75) is 25.2 Å². The van der Waals surface area contributed by atoms with Crippen LogP contribution >= 0.6 is 0 Å². The zero-order chi connectivity index (χ0) is 23.5. The number of amides is 1. The maximum atomic E-state index is 13.2. The Morgan fingerprint density at radius 1 is 1.21 bits per heavy atom. The van der Waals surface area contributed by atoms with Crippen LogP contribution in [0.2, 0.25) is 0 Å². The summed E-state index contributed by atoms with van der Waals surface area (Å²) in [6.45, 7) is 1.11. The first-order valence-electron chi connectivity index (χ1n) is 11.2. The maximum Gasteiger partial charge on any atom is 0.292 e. The van der Waals surface area contributed by atoms with Gasteiger partial charge in [-0.2, -0.15) is 0 Å². The summed E-state index contributed by atoms with van der Waals surface area (Å²) in [6, 6.07) is 15.3. The summed E-state index contributed by atoms with van der Waals surface area (Å²) in [6.07, 6.45) is 4.09. The molecule has 0 spiro atoms. The van der Waals surface area contributed by atoms with E-state index in [0.29, 0.717) is 36.7 Å². The van der Waals surface area contributed by atoms with Gasteiger partial charge in [-0.15, -0.1) is 0 Å². The molecular weight excluding hydrogens is 437 g/mol. The fourth-order valence-corrected chi connectivity index (χ4v) is 4.23. The van der Waals surface area contributed by atoms with E-state index in [2.05, 4.69) is 10.1 Å². The third-order valence-electron chi connectivity index (χ3n) is 6.00. The summed E-state index contributed by atoms with van der Waals surface area (Å²) in [5.74, 6) is 1.82. The molecule has 1 saturated heterocycles. The molecule has 0 aliphatic carbocycles. The van der Waals surface area contributed by atoms with Gasteiger partial charge >= 0.3 is 0 Å². The first-order valence-corrected chi connectivity index (χ1v) is 11.2. The van der Waals surface area contributed by atoms with E-state index in [0.717, 1.165) is 29.9 Å². The molecule has 5 rings (SSSR count). The number of benzene rings is 2. The van der Waals surface area contributed by atoms with Gasteiger partial charge in [0, 0.05) is 31.1 Å². The summed E-state index contributed by atoms with van der Waals surface area (Å²) in [7, 11) is 1.64. The molecule has 2 aromatic carbocycles. The molecule has 1 aliphatic heterocycles. The quantitative estimate of drug-likeness (QED) is 0.398. The summed E-state index contributed by atoms with van der Waals surface area (Å²) < 4.78 is 29.8. The van der Waals surface area contributed by atoms with Crippen LogP contribution in [-0.2, 0) is 6.42 Å². The number of hydrogen-bond donors (Lipinski definition) is 0. The molecule has 7 nitrogen and oxygen atoms in total. The van der Waals surface area contributed by atoms with Crippen molar-refractivity contribution in [1.29, 1.82) is 0 Å². The number of piperidine rings is 1. The molecule has 0 saturated carbocycles. The van der Waals surface area contributed by atoms with Gasteiger partial charge in [-0.05, 0) is 54.8 Å². The van der Waals surface area contributed by atoms with Gasteiger partial charge in [0.25, 0.3) is 5.91 Å². The van der Waals surface area contributed by atoms with E-state index in [1.165, 1.54) is 12.1 Å². The molecule has 1 amide bonds. The molecule has 174 valence electrons. The van der Waals surface area contributed by atoms with Gasteiger partial charge < -0.3 is 18.6 Å². The number of oxazole rings is 1. The Morgan fingerprint density at radius 2 is 2.06 bits per heavy atom. The molecule has 1 atom stereocenters. The monoisotopic (exact) mass is 461 g/mol. The van der Waals surface area contributed by atoms with Gasteiger partial charge in [-0.1, -0.05) is 17.3 Å². The number of likely N-dealkylation sites (tertiary alicyclic amines) is 1. The minimum absolute atomic E-state index is 0.0104. The first kappa shape index (κ1) is 21.9. The highest BCUT2D eigenvalue weighted by Gasteiger charge is 2.30. The van der Waals surface area contributed by atoms with E-state index in [1.54, 1.807) is 36.4 Å². The molecule has 0 unspecified atom stereocenters. The number of ether oxygens (including phenoxy) is 1. The Balaban J connectivity index is 1.25. The van der Waals surface area contributed by atoms with Gasteiger partial charge in [-0.3, -0.25) is 4.79 Å². The molecule has 0 radical (unpaired) electrons. The molecule has 4 aromatic rings. The van der Waals surface area contributed by atoms with Crippen LogP contribution in [0.15, 0.2) is 69.7 Å². The highest BCUT2D eigenvalue weighted by molar-refractivity contribution is 5.92. The van der Waals surface area contributed by atoms with Gasteiger partial charge in [0.1, 0.15) is 23.0 Å². The number of rotatable bonds is 6. The van der Waals surface area contributed by atoms with Crippen molar-refractivity contribution in [3.63, 3.8) is 0 Å². The van der Waals surface area contributed by atoms with Crippen molar-refractivity contribution in [3.8, 4) is 17.0 Å². The number of carbonyl (C=O) groups excluding carboxylic acids is 1. The lowest BCUT2D eigenvalue weighted by Crippen LogP contribution is -2.39. The Bertz CT molecular complexity index is 1280. The standard InChI is InChI=1S/C26H24FN3O4/c1-32-21-6-2-4-17(12-21)13-22-15-28-25(33-22)19-5-3-11-30(16-19)26(31)24-14-23(29-34-24)18-7-9-20(27)10-8-18/h2,4,6-10,12,14-15,19H,3,5,11,13,16H2,1H3/t19-/m1/s1. The molecule has 8 heteroatoms. The maximum absolute atomic E-state index is 13.2. The molecule has 34 heavy (non-hydrogen) atoms. The average Bonchev–Trinajstić information content (AvgIpc) is 3.55. The van der Waals surface area contributed by atoms with Crippen molar-refractivity contribution in [1.82, 2.24) is 15.0 Å². The Labute approximate surface area is 196 Å². The van der Waals surface area contributed by atoms with E-state index in [9.17, 15) is 9.18 Å². The van der Waals surface area contributed by atoms with Crippen LogP contribution in [-0.4, -0.2) is 41.1 Å². The predicted molar refractivity (Wildman–Crippen MR) is 122 cm³/mol. The number of nitrogens with zero attached hydrogens (tertiary/aromatic N) is 3. The molecule has 0 bridgehead atoms. The molecule has 2 aromatic heterocycles. The van der Waals surface area contributed by atoms with Gasteiger partial charge in [0.2, 0.25) is 5.76 Å². The van der Waals surface area contributed by atoms with Gasteiger partial charge in [0.15, 0.2) is 5.89 Å². The average molecular weight is 461 g/mol. The van der Waals surface area contributed by atoms with Crippen molar-refractivity contribution < 1.29 is 22.9 Å². The SMILES string of the molecule is COc1cccc(Cc2cnc([C@@H]3CCCN(C(=O)c4cc(-c5ccc(F)cc5)no4)C3)o2)c1.